The zero-order chi connectivity index (χ0) is 20.5. The lowest BCUT2D eigenvalue weighted by molar-refractivity contribution is 0.0696. The van der Waals surface area contributed by atoms with Crippen molar-refractivity contribution in [1.29, 1.82) is 0 Å². The van der Waals surface area contributed by atoms with Gasteiger partial charge in [0.25, 0.3) is 5.91 Å². The molecule has 0 unspecified atom stereocenters. The van der Waals surface area contributed by atoms with Crippen LogP contribution in [0, 0.1) is 6.92 Å². The highest BCUT2D eigenvalue weighted by molar-refractivity contribution is 6.04. The molecule has 9 heteroatoms. The van der Waals surface area contributed by atoms with Crippen LogP contribution in [0.15, 0.2) is 18.3 Å². The number of methoxy groups -OCH3 is 1. The molecule has 4 heterocycles. The maximum atomic E-state index is 12.0. The number of rotatable bonds is 5. The van der Waals surface area contributed by atoms with Gasteiger partial charge in [-0.25, -0.2) is 14.8 Å². The van der Waals surface area contributed by atoms with Crippen LogP contribution in [0.1, 0.15) is 44.8 Å². The number of aromatic nitrogens is 2. The lowest BCUT2D eigenvalue weighted by Gasteiger charge is -2.34. The summed E-state index contributed by atoms with van der Waals surface area (Å²) >= 11 is 0. The summed E-state index contributed by atoms with van der Waals surface area (Å²) in [4.78, 5) is 34.6. The monoisotopic (exact) mass is 398 g/mol. The molecule has 29 heavy (non-hydrogen) atoms. The van der Waals surface area contributed by atoms with E-state index in [1.807, 2.05) is 11.0 Å². The Balaban J connectivity index is 1.50. The fourth-order valence-electron chi connectivity index (χ4n) is 3.85. The lowest BCUT2D eigenvalue weighted by Crippen LogP contribution is -2.39. The summed E-state index contributed by atoms with van der Waals surface area (Å²) in [6, 6.07) is 3.56. The van der Waals surface area contributed by atoms with Gasteiger partial charge in [-0.1, -0.05) is 0 Å². The topological polar surface area (TPSA) is 114 Å². The van der Waals surface area contributed by atoms with Crippen LogP contribution >= 0.6 is 0 Å². The van der Waals surface area contributed by atoms with E-state index in [4.69, 9.17) is 9.47 Å². The summed E-state index contributed by atoms with van der Waals surface area (Å²) in [6.45, 7) is 3.22. The standard InChI is InChI=1S/C20H22N4O5/c1-11-16-14(10-22-19(16)25)23-18(17(11)20(26)27)24-7-5-12(6-8-24)29-13-3-4-15(28-2)21-9-13/h3-4,9,12H,5-8,10H2,1-2H3,(H,22,25)(H,26,27). The van der Waals surface area contributed by atoms with Gasteiger partial charge in [0.2, 0.25) is 5.88 Å². The number of piperidine rings is 1. The molecular weight excluding hydrogens is 376 g/mol. The smallest absolute Gasteiger partial charge is 0.339 e. The van der Waals surface area contributed by atoms with Crippen molar-refractivity contribution in [3.05, 3.63) is 40.7 Å². The van der Waals surface area contributed by atoms with Crippen molar-refractivity contribution in [2.45, 2.75) is 32.4 Å². The fourth-order valence-corrected chi connectivity index (χ4v) is 3.85. The van der Waals surface area contributed by atoms with Gasteiger partial charge in [-0.2, -0.15) is 0 Å². The molecule has 2 aliphatic rings. The van der Waals surface area contributed by atoms with Crippen molar-refractivity contribution in [3.8, 4) is 11.6 Å². The highest BCUT2D eigenvalue weighted by Crippen LogP contribution is 2.31. The Morgan fingerprint density at radius 2 is 2.07 bits per heavy atom. The van der Waals surface area contributed by atoms with Crippen LogP contribution in [0.25, 0.3) is 0 Å². The van der Waals surface area contributed by atoms with Crippen LogP contribution in [0.2, 0.25) is 0 Å². The first kappa shape index (κ1) is 19.0. The summed E-state index contributed by atoms with van der Waals surface area (Å²) in [5, 5.41) is 12.5. The number of ether oxygens (including phenoxy) is 2. The second-order valence-corrected chi connectivity index (χ2v) is 7.09. The average molecular weight is 398 g/mol. The van der Waals surface area contributed by atoms with E-state index in [0.29, 0.717) is 53.9 Å². The number of hydrogen-bond acceptors (Lipinski definition) is 7. The number of nitrogens with one attached hydrogen (secondary N) is 1. The molecule has 1 amide bonds. The van der Waals surface area contributed by atoms with Gasteiger partial charge >= 0.3 is 5.97 Å². The van der Waals surface area contributed by atoms with Gasteiger partial charge in [-0.15, -0.1) is 0 Å². The molecule has 9 nitrogen and oxygen atoms in total. The number of carbonyl (C=O) groups is 2. The van der Waals surface area contributed by atoms with Gasteiger partial charge < -0.3 is 24.8 Å². The van der Waals surface area contributed by atoms with E-state index < -0.39 is 5.97 Å². The summed E-state index contributed by atoms with van der Waals surface area (Å²) < 4.78 is 11.0. The first-order valence-corrected chi connectivity index (χ1v) is 9.44. The van der Waals surface area contributed by atoms with E-state index in [1.165, 1.54) is 0 Å². The number of carboxylic acids is 1. The van der Waals surface area contributed by atoms with Crippen molar-refractivity contribution < 1.29 is 24.2 Å². The Morgan fingerprint density at radius 3 is 2.69 bits per heavy atom. The van der Waals surface area contributed by atoms with Crippen LogP contribution in [-0.4, -0.2) is 53.3 Å². The third kappa shape index (κ3) is 3.55. The van der Waals surface area contributed by atoms with Crippen molar-refractivity contribution in [1.82, 2.24) is 15.3 Å². The molecule has 0 radical (unpaired) electrons. The second kappa shape index (κ2) is 7.57. The minimum atomic E-state index is -1.07. The molecule has 0 atom stereocenters. The first-order chi connectivity index (χ1) is 14.0. The molecule has 2 aromatic rings. The van der Waals surface area contributed by atoms with Gasteiger partial charge in [0.1, 0.15) is 23.2 Å². The Labute approximate surface area is 167 Å². The maximum absolute atomic E-state index is 12.0. The van der Waals surface area contributed by atoms with E-state index in [1.54, 1.807) is 26.3 Å². The summed E-state index contributed by atoms with van der Waals surface area (Å²) in [6.07, 6.45) is 3.08. The number of anilines is 1. The van der Waals surface area contributed by atoms with Crippen LogP contribution in [0.4, 0.5) is 5.82 Å². The van der Waals surface area contributed by atoms with Crippen LogP contribution < -0.4 is 19.7 Å². The fraction of sp³-hybridized carbons (Fsp3) is 0.400. The quantitative estimate of drug-likeness (QED) is 0.784. The zero-order valence-electron chi connectivity index (χ0n) is 16.3. The minimum Gasteiger partial charge on any atom is -0.489 e. The summed E-state index contributed by atoms with van der Waals surface area (Å²) in [7, 11) is 1.56. The van der Waals surface area contributed by atoms with Crippen molar-refractivity contribution in [2.24, 2.45) is 0 Å². The number of carbonyl (C=O) groups excluding carboxylic acids is 1. The van der Waals surface area contributed by atoms with Gasteiger partial charge in [-0.3, -0.25) is 4.79 Å². The molecule has 152 valence electrons. The Kier molecular flexibility index (Phi) is 4.96. The number of carboxylic acid groups (broad SMARTS) is 1. The van der Waals surface area contributed by atoms with Crippen LogP contribution in [0.3, 0.4) is 0 Å². The molecule has 0 aliphatic carbocycles. The molecule has 2 aromatic heterocycles. The minimum absolute atomic E-state index is 0.00786. The molecule has 0 aromatic carbocycles. The van der Waals surface area contributed by atoms with E-state index in [2.05, 4.69) is 15.3 Å². The van der Waals surface area contributed by atoms with Crippen LogP contribution in [0.5, 0.6) is 11.6 Å². The van der Waals surface area contributed by atoms with Gasteiger partial charge in [-0.05, 0) is 18.6 Å². The van der Waals surface area contributed by atoms with E-state index in [-0.39, 0.29) is 17.6 Å². The molecule has 0 saturated carbocycles. The number of nitrogens with zero attached hydrogens (tertiary/aromatic N) is 3. The molecule has 2 N–H and O–H groups in total. The van der Waals surface area contributed by atoms with Gasteiger partial charge in [0, 0.05) is 32.0 Å². The Bertz CT molecular complexity index is 952. The number of aromatic carboxylic acids is 1. The van der Waals surface area contributed by atoms with E-state index in [0.717, 1.165) is 12.8 Å². The molecule has 0 spiro atoms. The molecule has 0 bridgehead atoms. The third-order valence-electron chi connectivity index (χ3n) is 5.32. The number of pyridine rings is 2. The molecular formula is C20H22N4O5. The predicted octanol–water partition coefficient (Wildman–Crippen LogP) is 1.78. The normalized spacial score (nSPS) is 16.3. The van der Waals surface area contributed by atoms with Crippen LogP contribution in [-0.2, 0) is 6.54 Å². The van der Waals surface area contributed by atoms with Gasteiger partial charge in [0.15, 0.2) is 0 Å². The number of amides is 1. The van der Waals surface area contributed by atoms with Crippen molar-refractivity contribution in [3.63, 3.8) is 0 Å². The van der Waals surface area contributed by atoms with Gasteiger partial charge in [0.05, 0.1) is 31.1 Å². The Hall–Kier alpha value is -3.36. The second-order valence-electron chi connectivity index (χ2n) is 7.09. The zero-order valence-corrected chi connectivity index (χ0v) is 16.3. The van der Waals surface area contributed by atoms with Crippen molar-refractivity contribution in [2.75, 3.05) is 25.1 Å². The van der Waals surface area contributed by atoms with E-state index in [9.17, 15) is 14.7 Å². The number of hydrogen-bond donors (Lipinski definition) is 2. The summed E-state index contributed by atoms with van der Waals surface area (Å²) in [5.41, 5.74) is 1.56. The summed E-state index contributed by atoms with van der Waals surface area (Å²) in [5.74, 6) is 0.287. The predicted molar refractivity (Wildman–Crippen MR) is 104 cm³/mol. The Morgan fingerprint density at radius 1 is 1.31 bits per heavy atom. The molecule has 2 aliphatic heterocycles. The molecule has 1 fully saturated rings. The highest BCUT2D eigenvalue weighted by atomic mass is 16.5. The maximum Gasteiger partial charge on any atom is 0.339 e. The van der Waals surface area contributed by atoms with E-state index >= 15 is 0 Å². The largest absolute Gasteiger partial charge is 0.489 e. The van der Waals surface area contributed by atoms with Crippen molar-refractivity contribution >= 4 is 17.7 Å². The lowest BCUT2D eigenvalue weighted by atomic mass is 10.0. The average Bonchev–Trinajstić information content (AvgIpc) is 3.10. The highest BCUT2D eigenvalue weighted by Gasteiger charge is 2.32. The molecule has 4 rings (SSSR count). The SMILES string of the molecule is COc1ccc(OC2CCN(c3nc4c(c(C)c3C(=O)O)C(=O)NC4)CC2)cn1. The first-order valence-electron chi connectivity index (χ1n) is 9.44. The third-order valence-corrected chi connectivity index (χ3v) is 5.32. The number of fused-ring (bicyclic) bond motifs is 1. The molecule has 1 saturated heterocycles.